The summed E-state index contributed by atoms with van der Waals surface area (Å²) in [5, 5.41) is 2.72. The summed E-state index contributed by atoms with van der Waals surface area (Å²) in [6.45, 7) is 2.71. The molecule has 3 amide bonds. The number of ether oxygens (including phenoxy) is 1. The van der Waals surface area contributed by atoms with Crippen molar-refractivity contribution in [1.29, 1.82) is 0 Å². The molecule has 0 aromatic heterocycles. The average Bonchev–Trinajstić information content (AvgIpc) is 2.58. The van der Waals surface area contributed by atoms with Crippen LogP contribution in [0.5, 0.6) is 5.75 Å². The standard InChI is InChI=1S/C16H19N3O4/c1-2-12-15(21)19-9-8-18(10-13(19)14(20)17-12)16(22)23-11-6-4-3-5-7-11/h3-7,12-13H,2,8-10H2,1H3,(H,17,20)/t12-,13+/m0/s1. The molecule has 0 spiro atoms. The van der Waals surface area contributed by atoms with Gasteiger partial charge in [-0.25, -0.2) is 4.79 Å². The minimum atomic E-state index is -0.637. The Balaban J connectivity index is 1.67. The maximum absolute atomic E-state index is 12.3. The maximum atomic E-state index is 12.3. The third kappa shape index (κ3) is 2.99. The highest BCUT2D eigenvalue weighted by Crippen LogP contribution is 2.19. The van der Waals surface area contributed by atoms with Crippen LogP contribution in [0, 0.1) is 0 Å². The summed E-state index contributed by atoms with van der Waals surface area (Å²) in [4.78, 5) is 39.7. The highest BCUT2D eigenvalue weighted by atomic mass is 16.6. The Morgan fingerprint density at radius 2 is 2.00 bits per heavy atom. The topological polar surface area (TPSA) is 79.0 Å². The van der Waals surface area contributed by atoms with Gasteiger partial charge in [-0.1, -0.05) is 25.1 Å². The van der Waals surface area contributed by atoms with E-state index < -0.39 is 18.2 Å². The normalized spacial score (nSPS) is 24.0. The van der Waals surface area contributed by atoms with Crippen LogP contribution < -0.4 is 10.1 Å². The van der Waals surface area contributed by atoms with Crippen molar-refractivity contribution in [2.75, 3.05) is 19.6 Å². The van der Waals surface area contributed by atoms with E-state index in [1.54, 1.807) is 29.2 Å². The first-order valence-corrected chi connectivity index (χ1v) is 7.73. The predicted octanol–water partition coefficient (Wildman–Crippen LogP) is 0.607. The fourth-order valence-corrected chi connectivity index (χ4v) is 2.90. The molecular formula is C16H19N3O4. The zero-order chi connectivity index (χ0) is 16.4. The lowest BCUT2D eigenvalue weighted by Crippen LogP contribution is -2.69. The van der Waals surface area contributed by atoms with Gasteiger partial charge in [0, 0.05) is 13.1 Å². The molecule has 0 aliphatic carbocycles. The molecule has 7 heteroatoms. The lowest BCUT2D eigenvalue weighted by Gasteiger charge is -2.44. The van der Waals surface area contributed by atoms with Crippen LogP contribution in [0.15, 0.2) is 30.3 Å². The van der Waals surface area contributed by atoms with Gasteiger partial charge in [-0.15, -0.1) is 0 Å². The SMILES string of the molecule is CC[C@@H]1NC(=O)[C@H]2CN(C(=O)Oc3ccccc3)CCN2C1=O. The lowest BCUT2D eigenvalue weighted by molar-refractivity contribution is -0.152. The van der Waals surface area contributed by atoms with E-state index in [9.17, 15) is 14.4 Å². The quantitative estimate of drug-likeness (QED) is 0.867. The molecule has 0 radical (unpaired) electrons. The minimum absolute atomic E-state index is 0.0758. The number of nitrogens with one attached hydrogen (secondary N) is 1. The van der Waals surface area contributed by atoms with Crippen LogP contribution in [-0.2, 0) is 9.59 Å². The maximum Gasteiger partial charge on any atom is 0.415 e. The Bertz CT molecular complexity index is 619. The molecule has 0 unspecified atom stereocenters. The first kappa shape index (κ1) is 15.3. The number of benzene rings is 1. The van der Waals surface area contributed by atoms with Crippen molar-refractivity contribution in [3.63, 3.8) is 0 Å². The van der Waals surface area contributed by atoms with Gasteiger partial charge in [0.15, 0.2) is 0 Å². The van der Waals surface area contributed by atoms with Gasteiger partial charge in [-0.3, -0.25) is 9.59 Å². The second-order valence-electron chi connectivity index (χ2n) is 5.64. The van der Waals surface area contributed by atoms with E-state index in [1.807, 2.05) is 13.0 Å². The number of para-hydroxylation sites is 1. The number of fused-ring (bicyclic) bond motifs is 1. The van der Waals surface area contributed by atoms with E-state index in [-0.39, 0.29) is 18.4 Å². The van der Waals surface area contributed by atoms with E-state index in [1.165, 1.54) is 4.90 Å². The molecule has 2 saturated heterocycles. The molecule has 2 heterocycles. The Morgan fingerprint density at radius 1 is 1.26 bits per heavy atom. The molecule has 2 aliphatic heterocycles. The van der Waals surface area contributed by atoms with Crippen molar-refractivity contribution < 1.29 is 19.1 Å². The Kier molecular flexibility index (Phi) is 4.18. The van der Waals surface area contributed by atoms with E-state index in [0.29, 0.717) is 25.3 Å². The molecule has 23 heavy (non-hydrogen) atoms. The molecule has 2 fully saturated rings. The molecule has 0 saturated carbocycles. The van der Waals surface area contributed by atoms with Gasteiger partial charge in [0.25, 0.3) is 0 Å². The second-order valence-corrected chi connectivity index (χ2v) is 5.64. The van der Waals surface area contributed by atoms with E-state index in [0.717, 1.165) is 0 Å². The Morgan fingerprint density at radius 3 is 2.70 bits per heavy atom. The zero-order valence-corrected chi connectivity index (χ0v) is 12.9. The van der Waals surface area contributed by atoms with Crippen LogP contribution in [0.3, 0.4) is 0 Å². The summed E-state index contributed by atoms with van der Waals surface area (Å²) in [5.74, 6) is 0.164. The van der Waals surface area contributed by atoms with Gasteiger partial charge in [0.05, 0.1) is 6.54 Å². The van der Waals surface area contributed by atoms with Gasteiger partial charge < -0.3 is 19.9 Å². The second kappa shape index (κ2) is 6.28. The molecular weight excluding hydrogens is 298 g/mol. The first-order valence-electron chi connectivity index (χ1n) is 7.73. The van der Waals surface area contributed by atoms with Crippen LogP contribution >= 0.6 is 0 Å². The number of piperazine rings is 2. The number of rotatable bonds is 2. The van der Waals surface area contributed by atoms with Crippen LogP contribution in [0.1, 0.15) is 13.3 Å². The lowest BCUT2D eigenvalue weighted by atomic mass is 10.0. The molecule has 2 aliphatic rings. The van der Waals surface area contributed by atoms with E-state index in [4.69, 9.17) is 4.74 Å². The molecule has 3 rings (SSSR count). The highest BCUT2D eigenvalue weighted by molar-refractivity contribution is 5.97. The number of carbonyl (C=O) groups excluding carboxylic acids is 3. The van der Waals surface area contributed by atoms with Crippen LogP contribution in [0.4, 0.5) is 4.79 Å². The van der Waals surface area contributed by atoms with Crippen LogP contribution in [0.2, 0.25) is 0 Å². The highest BCUT2D eigenvalue weighted by Gasteiger charge is 2.43. The number of hydrogen-bond acceptors (Lipinski definition) is 4. The summed E-state index contributed by atoms with van der Waals surface area (Å²) in [6, 6.07) is 7.67. The van der Waals surface area contributed by atoms with E-state index >= 15 is 0 Å². The Labute approximate surface area is 134 Å². The fourth-order valence-electron chi connectivity index (χ4n) is 2.90. The molecule has 7 nitrogen and oxygen atoms in total. The summed E-state index contributed by atoms with van der Waals surface area (Å²) in [6.07, 6.45) is 0.0572. The summed E-state index contributed by atoms with van der Waals surface area (Å²) in [7, 11) is 0. The number of hydrogen-bond donors (Lipinski definition) is 1. The third-order valence-electron chi connectivity index (χ3n) is 4.20. The zero-order valence-electron chi connectivity index (χ0n) is 12.9. The minimum Gasteiger partial charge on any atom is -0.410 e. The number of nitrogens with zero attached hydrogens (tertiary/aromatic N) is 2. The van der Waals surface area contributed by atoms with Crippen molar-refractivity contribution in [1.82, 2.24) is 15.1 Å². The van der Waals surface area contributed by atoms with Crippen molar-refractivity contribution in [3.05, 3.63) is 30.3 Å². The van der Waals surface area contributed by atoms with Crippen molar-refractivity contribution in [3.8, 4) is 5.75 Å². The number of carbonyl (C=O) groups is 3. The van der Waals surface area contributed by atoms with Gasteiger partial charge in [-0.2, -0.15) is 0 Å². The third-order valence-corrected chi connectivity index (χ3v) is 4.20. The first-order chi connectivity index (χ1) is 11.1. The molecule has 0 bridgehead atoms. The van der Waals surface area contributed by atoms with Crippen LogP contribution in [-0.4, -0.2) is 59.4 Å². The molecule has 122 valence electrons. The fraction of sp³-hybridized carbons (Fsp3) is 0.438. The summed E-state index contributed by atoms with van der Waals surface area (Å²) < 4.78 is 5.29. The largest absolute Gasteiger partial charge is 0.415 e. The predicted molar refractivity (Wildman–Crippen MR) is 81.8 cm³/mol. The molecule has 1 N–H and O–H groups in total. The monoisotopic (exact) mass is 317 g/mol. The van der Waals surface area contributed by atoms with Gasteiger partial charge in [-0.05, 0) is 18.6 Å². The summed E-state index contributed by atoms with van der Waals surface area (Å²) in [5.41, 5.74) is 0. The van der Waals surface area contributed by atoms with Crippen molar-refractivity contribution in [2.24, 2.45) is 0 Å². The van der Waals surface area contributed by atoms with Gasteiger partial charge >= 0.3 is 6.09 Å². The molecule has 2 atom stereocenters. The molecule has 1 aromatic carbocycles. The average molecular weight is 317 g/mol. The van der Waals surface area contributed by atoms with Crippen molar-refractivity contribution >= 4 is 17.9 Å². The van der Waals surface area contributed by atoms with E-state index in [2.05, 4.69) is 5.32 Å². The Hall–Kier alpha value is -2.57. The molecule has 1 aromatic rings. The smallest absolute Gasteiger partial charge is 0.410 e. The van der Waals surface area contributed by atoms with Gasteiger partial charge in [0.1, 0.15) is 17.8 Å². The number of amides is 3. The van der Waals surface area contributed by atoms with Gasteiger partial charge in [0.2, 0.25) is 11.8 Å². The van der Waals surface area contributed by atoms with Crippen LogP contribution in [0.25, 0.3) is 0 Å². The summed E-state index contributed by atoms with van der Waals surface area (Å²) >= 11 is 0. The van der Waals surface area contributed by atoms with Crippen molar-refractivity contribution in [2.45, 2.75) is 25.4 Å².